The van der Waals surface area contributed by atoms with Crippen molar-refractivity contribution in [1.29, 1.82) is 0 Å². The van der Waals surface area contributed by atoms with E-state index in [2.05, 4.69) is 10.6 Å². The average Bonchev–Trinajstić information content (AvgIpc) is 3.28. The van der Waals surface area contributed by atoms with Gasteiger partial charge in [0.2, 0.25) is 0 Å². The number of nitrogens with one attached hydrogen (secondary N) is 2. The fourth-order valence-corrected chi connectivity index (χ4v) is 3.35. The van der Waals surface area contributed by atoms with Gasteiger partial charge < -0.3 is 19.8 Å². The second-order valence-corrected chi connectivity index (χ2v) is 6.93. The highest BCUT2D eigenvalue weighted by molar-refractivity contribution is 6.02. The maximum Gasteiger partial charge on any atom is 0.337 e. The van der Waals surface area contributed by atoms with Crippen LogP contribution < -0.4 is 10.6 Å². The number of methoxy groups -OCH3 is 1. The summed E-state index contributed by atoms with van der Waals surface area (Å²) in [5.74, 6) is -0.650. The van der Waals surface area contributed by atoms with Crippen molar-refractivity contribution >= 4 is 23.6 Å². The molecule has 1 aromatic carbocycles. The Labute approximate surface area is 174 Å². The second-order valence-electron chi connectivity index (χ2n) is 6.93. The maximum atomic E-state index is 12.7. The van der Waals surface area contributed by atoms with Crippen molar-refractivity contribution in [2.75, 3.05) is 19.0 Å². The normalized spacial score (nSPS) is 16.3. The van der Waals surface area contributed by atoms with Gasteiger partial charge in [0.05, 0.1) is 25.0 Å². The molecule has 1 aromatic heterocycles. The summed E-state index contributed by atoms with van der Waals surface area (Å²) in [4.78, 5) is 38.8. The Morgan fingerprint density at radius 3 is 2.57 bits per heavy atom. The lowest BCUT2D eigenvalue weighted by atomic mass is 9.94. The number of hydrogen-bond donors (Lipinski definition) is 2. The summed E-state index contributed by atoms with van der Waals surface area (Å²) < 4.78 is 10.1. The summed E-state index contributed by atoms with van der Waals surface area (Å²) >= 11 is 0. The molecular formula is C22H25N3O5. The van der Waals surface area contributed by atoms with E-state index in [9.17, 15) is 14.4 Å². The molecule has 0 fully saturated rings. The number of carbonyl (C=O) groups is 3. The van der Waals surface area contributed by atoms with E-state index in [1.54, 1.807) is 48.2 Å². The minimum Gasteiger partial charge on any atom is -0.466 e. The molecule has 0 saturated carbocycles. The second kappa shape index (κ2) is 9.30. The Kier molecular flexibility index (Phi) is 6.56. The van der Waals surface area contributed by atoms with Gasteiger partial charge in [-0.05, 0) is 43.2 Å². The number of carbonyl (C=O) groups excluding carboxylic acids is 3. The van der Waals surface area contributed by atoms with Crippen LogP contribution in [0.1, 0.15) is 48.8 Å². The Morgan fingerprint density at radius 1 is 1.23 bits per heavy atom. The zero-order valence-electron chi connectivity index (χ0n) is 17.2. The largest absolute Gasteiger partial charge is 0.466 e. The lowest BCUT2D eigenvalue weighted by molar-refractivity contribution is -0.136. The summed E-state index contributed by atoms with van der Waals surface area (Å²) in [6.07, 6.45) is 3.18. The number of unbranched alkanes of at least 4 members (excludes halogenated alkanes) is 1. The number of esters is 1. The number of amides is 3. The van der Waals surface area contributed by atoms with E-state index in [0.29, 0.717) is 29.1 Å². The van der Waals surface area contributed by atoms with Crippen molar-refractivity contribution in [1.82, 2.24) is 10.2 Å². The maximum absolute atomic E-state index is 12.7. The van der Waals surface area contributed by atoms with Crippen LogP contribution in [0.2, 0.25) is 0 Å². The minimum atomic E-state index is -0.641. The summed E-state index contributed by atoms with van der Waals surface area (Å²) in [6, 6.07) is 9.22. The first-order valence-electron chi connectivity index (χ1n) is 9.78. The fraction of sp³-hybridized carbons (Fsp3) is 0.318. The first-order valence-corrected chi connectivity index (χ1v) is 9.78. The van der Waals surface area contributed by atoms with Crippen molar-refractivity contribution in [2.24, 2.45) is 0 Å². The third kappa shape index (κ3) is 4.37. The van der Waals surface area contributed by atoms with Gasteiger partial charge in [0.15, 0.2) is 5.76 Å². The number of rotatable bonds is 7. The van der Waals surface area contributed by atoms with Gasteiger partial charge in [-0.25, -0.2) is 9.59 Å². The zero-order chi connectivity index (χ0) is 21.7. The topological polar surface area (TPSA) is 101 Å². The van der Waals surface area contributed by atoms with Crippen LogP contribution in [0, 0.1) is 0 Å². The van der Waals surface area contributed by atoms with E-state index in [1.807, 2.05) is 6.92 Å². The molecule has 1 atom stereocenters. The van der Waals surface area contributed by atoms with Crippen molar-refractivity contribution in [3.63, 3.8) is 0 Å². The van der Waals surface area contributed by atoms with Crippen LogP contribution in [0.5, 0.6) is 0 Å². The molecule has 2 heterocycles. The average molecular weight is 411 g/mol. The van der Waals surface area contributed by atoms with Crippen molar-refractivity contribution in [2.45, 2.75) is 32.7 Å². The van der Waals surface area contributed by atoms with E-state index in [0.717, 1.165) is 12.8 Å². The summed E-state index contributed by atoms with van der Waals surface area (Å²) in [5.41, 5.74) is 2.24. The van der Waals surface area contributed by atoms with E-state index in [4.69, 9.17) is 9.15 Å². The fourth-order valence-electron chi connectivity index (χ4n) is 3.35. The van der Waals surface area contributed by atoms with Crippen molar-refractivity contribution in [3.8, 4) is 0 Å². The lowest BCUT2D eigenvalue weighted by Crippen LogP contribution is -2.48. The number of anilines is 1. The van der Waals surface area contributed by atoms with Crippen LogP contribution in [-0.2, 0) is 9.53 Å². The molecule has 0 unspecified atom stereocenters. The van der Waals surface area contributed by atoms with E-state index < -0.39 is 12.0 Å². The van der Waals surface area contributed by atoms with Gasteiger partial charge in [0.1, 0.15) is 0 Å². The molecule has 30 heavy (non-hydrogen) atoms. The molecule has 2 N–H and O–H groups in total. The molecule has 0 aliphatic carbocycles. The molecule has 158 valence electrons. The number of benzene rings is 1. The Balaban J connectivity index is 1.85. The van der Waals surface area contributed by atoms with Gasteiger partial charge in [0.25, 0.3) is 5.91 Å². The number of urea groups is 1. The van der Waals surface area contributed by atoms with Gasteiger partial charge in [-0.2, -0.15) is 0 Å². The molecule has 2 aromatic rings. The molecule has 0 spiro atoms. The molecule has 3 rings (SSSR count). The molecule has 0 radical (unpaired) electrons. The van der Waals surface area contributed by atoms with Gasteiger partial charge in [-0.3, -0.25) is 9.69 Å². The van der Waals surface area contributed by atoms with Crippen LogP contribution >= 0.6 is 0 Å². The van der Waals surface area contributed by atoms with Crippen LogP contribution in [0.3, 0.4) is 0 Å². The molecular weight excluding hydrogens is 386 g/mol. The quantitative estimate of drug-likeness (QED) is 0.674. The third-order valence-corrected chi connectivity index (χ3v) is 4.98. The summed E-state index contributed by atoms with van der Waals surface area (Å²) in [6.45, 7) is 4.32. The van der Waals surface area contributed by atoms with E-state index in [1.165, 1.54) is 13.4 Å². The third-order valence-electron chi connectivity index (χ3n) is 4.98. The molecule has 8 heteroatoms. The molecule has 0 bridgehead atoms. The van der Waals surface area contributed by atoms with Crippen LogP contribution in [0.4, 0.5) is 10.5 Å². The summed E-state index contributed by atoms with van der Waals surface area (Å²) in [7, 11) is 1.32. The van der Waals surface area contributed by atoms with E-state index in [-0.39, 0.29) is 17.7 Å². The van der Waals surface area contributed by atoms with Crippen LogP contribution in [0.15, 0.2) is 58.3 Å². The standard InChI is InChI=1S/C22H25N3O5/c1-4-5-12-25-14(2)18(21(27)29-3)19(24-22(25)28)15-8-10-16(11-9-15)23-20(26)17-7-6-13-30-17/h6-11,13,19H,4-5,12H2,1-3H3,(H,23,26)(H,24,28)/t19-/m0/s1. The minimum absolute atomic E-state index is 0.206. The highest BCUT2D eigenvalue weighted by atomic mass is 16.5. The first-order chi connectivity index (χ1) is 14.5. The number of ether oxygens (including phenoxy) is 1. The SMILES string of the molecule is CCCCN1C(=O)N[C@@H](c2ccc(NC(=O)c3ccco3)cc2)C(C(=O)OC)=C1C. The van der Waals surface area contributed by atoms with Gasteiger partial charge in [-0.1, -0.05) is 25.5 Å². The number of hydrogen-bond acceptors (Lipinski definition) is 5. The van der Waals surface area contributed by atoms with Crippen LogP contribution in [0.25, 0.3) is 0 Å². The van der Waals surface area contributed by atoms with Gasteiger partial charge in [0, 0.05) is 17.9 Å². The molecule has 3 amide bonds. The number of nitrogens with zero attached hydrogens (tertiary/aromatic N) is 1. The molecule has 1 aliphatic heterocycles. The highest BCUT2D eigenvalue weighted by Gasteiger charge is 2.35. The Bertz CT molecular complexity index is 948. The van der Waals surface area contributed by atoms with Crippen molar-refractivity contribution in [3.05, 3.63) is 65.3 Å². The smallest absolute Gasteiger partial charge is 0.337 e. The van der Waals surface area contributed by atoms with Crippen molar-refractivity contribution < 1.29 is 23.5 Å². The molecule has 8 nitrogen and oxygen atoms in total. The Morgan fingerprint density at radius 2 is 1.97 bits per heavy atom. The van der Waals surface area contributed by atoms with Gasteiger partial charge >= 0.3 is 12.0 Å². The summed E-state index contributed by atoms with van der Waals surface area (Å²) in [5, 5.41) is 5.63. The molecule has 1 aliphatic rings. The number of allylic oxidation sites excluding steroid dienone is 1. The first kappa shape index (κ1) is 21.2. The monoisotopic (exact) mass is 411 g/mol. The number of furan rings is 1. The zero-order valence-corrected chi connectivity index (χ0v) is 17.2. The van der Waals surface area contributed by atoms with Crippen LogP contribution in [-0.4, -0.2) is 36.5 Å². The predicted octanol–water partition coefficient (Wildman–Crippen LogP) is 3.85. The predicted molar refractivity (Wildman–Crippen MR) is 111 cm³/mol. The van der Waals surface area contributed by atoms with E-state index >= 15 is 0 Å². The van der Waals surface area contributed by atoms with Gasteiger partial charge in [-0.15, -0.1) is 0 Å². The molecule has 0 saturated heterocycles. The highest BCUT2D eigenvalue weighted by Crippen LogP contribution is 2.32. The lowest BCUT2D eigenvalue weighted by Gasteiger charge is -2.35. The Hall–Kier alpha value is -3.55.